The Hall–Kier alpha value is -2.87. The number of nitrogens with one attached hydrogen (secondary N) is 2. The minimum atomic E-state index is -0.926. The standard InChI is InChI=1S/C22H25N3O4S/c1-14-5-6-17-16(12-14)21(28)24-22(29-17)8-7-20(27)25(10-9-22)13-19(26)23-15(2)18-4-3-11-30-18/h3-6,11-12,15H,7-10,13H2,1-2H3,(H,23,26)(H,24,28)/t15-,22+/m1/s1. The Balaban J connectivity index is 1.41. The monoisotopic (exact) mass is 427 g/mol. The summed E-state index contributed by atoms with van der Waals surface area (Å²) in [4.78, 5) is 40.4. The van der Waals surface area contributed by atoms with Gasteiger partial charge in [-0.2, -0.15) is 0 Å². The topological polar surface area (TPSA) is 87.7 Å². The number of hydrogen-bond donors (Lipinski definition) is 2. The van der Waals surface area contributed by atoms with E-state index < -0.39 is 5.72 Å². The Morgan fingerprint density at radius 1 is 1.33 bits per heavy atom. The van der Waals surface area contributed by atoms with E-state index in [1.807, 2.05) is 37.4 Å². The van der Waals surface area contributed by atoms with Crippen LogP contribution in [0, 0.1) is 6.92 Å². The molecule has 8 heteroatoms. The van der Waals surface area contributed by atoms with Crippen LogP contribution in [0.4, 0.5) is 0 Å². The summed E-state index contributed by atoms with van der Waals surface area (Å²) in [6, 6.07) is 9.31. The molecule has 2 N–H and O–H groups in total. The van der Waals surface area contributed by atoms with Gasteiger partial charge in [0.25, 0.3) is 5.91 Å². The van der Waals surface area contributed by atoms with E-state index in [0.29, 0.717) is 30.7 Å². The van der Waals surface area contributed by atoms with Crippen LogP contribution in [0.3, 0.4) is 0 Å². The Morgan fingerprint density at radius 3 is 2.93 bits per heavy atom. The lowest BCUT2D eigenvalue weighted by Crippen LogP contribution is -2.56. The summed E-state index contributed by atoms with van der Waals surface area (Å²) in [5.41, 5.74) is 0.563. The number of thiophene rings is 1. The Morgan fingerprint density at radius 2 is 2.17 bits per heavy atom. The zero-order valence-corrected chi connectivity index (χ0v) is 17.9. The van der Waals surface area contributed by atoms with Crippen molar-refractivity contribution in [2.24, 2.45) is 0 Å². The average molecular weight is 428 g/mol. The van der Waals surface area contributed by atoms with Gasteiger partial charge in [0.2, 0.25) is 11.8 Å². The number of aryl methyl sites for hydroxylation is 1. The number of amides is 3. The van der Waals surface area contributed by atoms with Gasteiger partial charge in [0, 0.05) is 30.7 Å². The quantitative estimate of drug-likeness (QED) is 0.786. The van der Waals surface area contributed by atoms with Crippen LogP contribution in [0.5, 0.6) is 5.75 Å². The summed E-state index contributed by atoms with van der Waals surface area (Å²) in [6.07, 6.45) is 0.995. The molecule has 1 spiro atoms. The first-order valence-electron chi connectivity index (χ1n) is 10.1. The third-order valence-electron chi connectivity index (χ3n) is 5.59. The molecule has 3 heterocycles. The van der Waals surface area contributed by atoms with Gasteiger partial charge < -0.3 is 20.3 Å². The van der Waals surface area contributed by atoms with Crippen molar-refractivity contribution in [3.05, 3.63) is 51.7 Å². The molecule has 0 radical (unpaired) electrons. The fourth-order valence-corrected chi connectivity index (χ4v) is 4.65. The van der Waals surface area contributed by atoms with Gasteiger partial charge in [0.1, 0.15) is 5.75 Å². The fraction of sp³-hybridized carbons (Fsp3) is 0.409. The first-order valence-corrected chi connectivity index (χ1v) is 11.0. The first kappa shape index (κ1) is 20.4. The molecule has 3 amide bonds. The van der Waals surface area contributed by atoms with Crippen LogP contribution < -0.4 is 15.4 Å². The maximum Gasteiger partial charge on any atom is 0.258 e. The highest BCUT2D eigenvalue weighted by molar-refractivity contribution is 7.10. The van der Waals surface area contributed by atoms with Gasteiger partial charge in [-0.05, 0) is 37.4 Å². The van der Waals surface area contributed by atoms with Crippen molar-refractivity contribution >= 4 is 29.1 Å². The van der Waals surface area contributed by atoms with E-state index in [2.05, 4.69) is 10.6 Å². The number of carbonyl (C=O) groups excluding carboxylic acids is 3. The summed E-state index contributed by atoms with van der Waals surface area (Å²) >= 11 is 1.58. The zero-order valence-electron chi connectivity index (χ0n) is 17.1. The molecule has 1 saturated heterocycles. The molecule has 0 unspecified atom stereocenters. The van der Waals surface area contributed by atoms with Crippen LogP contribution in [0.1, 0.15) is 53.0 Å². The van der Waals surface area contributed by atoms with Gasteiger partial charge >= 0.3 is 0 Å². The molecule has 0 saturated carbocycles. The fourth-order valence-electron chi connectivity index (χ4n) is 3.92. The summed E-state index contributed by atoms with van der Waals surface area (Å²) in [5.74, 6) is 0.0316. The molecule has 1 aromatic carbocycles. The maximum absolute atomic E-state index is 12.6. The molecule has 2 atom stereocenters. The number of likely N-dealkylation sites (tertiary alicyclic amines) is 1. The number of rotatable bonds is 4. The lowest BCUT2D eigenvalue weighted by atomic mass is 9.99. The third-order valence-corrected chi connectivity index (χ3v) is 6.64. The van der Waals surface area contributed by atoms with Gasteiger partial charge in [-0.25, -0.2) is 0 Å². The molecular weight excluding hydrogens is 402 g/mol. The van der Waals surface area contributed by atoms with E-state index in [4.69, 9.17) is 4.74 Å². The Labute approximate surface area is 179 Å². The normalized spacial score (nSPS) is 22.0. The van der Waals surface area contributed by atoms with Gasteiger partial charge in [0.05, 0.1) is 18.2 Å². The molecule has 1 fully saturated rings. The van der Waals surface area contributed by atoms with E-state index in [9.17, 15) is 14.4 Å². The number of nitrogens with zero attached hydrogens (tertiary/aromatic N) is 1. The van der Waals surface area contributed by atoms with Crippen molar-refractivity contribution in [1.82, 2.24) is 15.5 Å². The molecule has 4 rings (SSSR count). The van der Waals surface area contributed by atoms with Crippen LogP contribution in [0.25, 0.3) is 0 Å². The molecule has 2 aliphatic heterocycles. The highest BCUT2D eigenvalue weighted by Gasteiger charge is 2.42. The number of carbonyl (C=O) groups is 3. The number of hydrogen-bond acceptors (Lipinski definition) is 5. The molecule has 30 heavy (non-hydrogen) atoms. The summed E-state index contributed by atoms with van der Waals surface area (Å²) in [7, 11) is 0. The summed E-state index contributed by atoms with van der Waals surface area (Å²) < 4.78 is 6.17. The number of fused-ring (bicyclic) bond motifs is 1. The molecule has 1 aromatic heterocycles. The van der Waals surface area contributed by atoms with Crippen molar-refractivity contribution in [3.8, 4) is 5.75 Å². The Bertz CT molecular complexity index is 975. The summed E-state index contributed by atoms with van der Waals surface area (Å²) in [5, 5.41) is 7.87. The highest BCUT2D eigenvalue weighted by Crippen LogP contribution is 2.34. The highest BCUT2D eigenvalue weighted by atomic mass is 32.1. The first-order chi connectivity index (χ1) is 14.3. The van der Waals surface area contributed by atoms with Gasteiger partial charge in [-0.15, -0.1) is 11.3 Å². The molecule has 2 aliphatic rings. The van der Waals surface area contributed by atoms with Crippen molar-refractivity contribution in [2.75, 3.05) is 13.1 Å². The van der Waals surface area contributed by atoms with E-state index >= 15 is 0 Å². The van der Waals surface area contributed by atoms with Crippen molar-refractivity contribution in [1.29, 1.82) is 0 Å². The predicted octanol–water partition coefficient (Wildman–Crippen LogP) is 2.76. The minimum absolute atomic E-state index is 0.00560. The van der Waals surface area contributed by atoms with Crippen molar-refractivity contribution in [2.45, 2.75) is 44.9 Å². The van der Waals surface area contributed by atoms with E-state index in [1.165, 1.54) is 0 Å². The maximum atomic E-state index is 12.6. The van der Waals surface area contributed by atoms with Crippen molar-refractivity contribution in [3.63, 3.8) is 0 Å². The lowest BCUT2D eigenvalue weighted by Gasteiger charge is -2.38. The smallest absolute Gasteiger partial charge is 0.258 e. The largest absolute Gasteiger partial charge is 0.467 e. The molecule has 158 valence electrons. The zero-order chi connectivity index (χ0) is 21.3. The molecule has 0 aliphatic carbocycles. The van der Waals surface area contributed by atoms with Crippen LogP contribution in [-0.4, -0.2) is 41.4 Å². The van der Waals surface area contributed by atoms with Crippen LogP contribution in [0.2, 0.25) is 0 Å². The molecular formula is C22H25N3O4S. The SMILES string of the molecule is Cc1ccc2c(c1)C(=O)N[C@@]1(CCC(=O)N(CC(=O)N[C@H](C)c3cccs3)CC1)O2. The Kier molecular flexibility index (Phi) is 5.51. The van der Waals surface area contributed by atoms with Crippen molar-refractivity contribution < 1.29 is 19.1 Å². The minimum Gasteiger partial charge on any atom is -0.467 e. The number of ether oxygens (including phenoxy) is 1. The van der Waals surface area contributed by atoms with Gasteiger partial charge in [-0.1, -0.05) is 17.7 Å². The number of benzene rings is 1. The second-order valence-electron chi connectivity index (χ2n) is 7.92. The van der Waals surface area contributed by atoms with Crippen LogP contribution in [0.15, 0.2) is 35.7 Å². The second-order valence-corrected chi connectivity index (χ2v) is 8.90. The van der Waals surface area contributed by atoms with Gasteiger partial charge in [0.15, 0.2) is 5.72 Å². The van der Waals surface area contributed by atoms with Crippen LogP contribution in [-0.2, 0) is 9.59 Å². The molecule has 7 nitrogen and oxygen atoms in total. The molecule has 2 aromatic rings. The predicted molar refractivity (Wildman–Crippen MR) is 113 cm³/mol. The average Bonchev–Trinajstić information content (AvgIpc) is 3.21. The molecule has 0 bridgehead atoms. The second kappa shape index (κ2) is 8.10. The lowest BCUT2D eigenvalue weighted by molar-refractivity contribution is -0.135. The third kappa shape index (κ3) is 4.18. The van der Waals surface area contributed by atoms with E-state index in [1.54, 1.807) is 28.4 Å². The van der Waals surface area contributed by atoms with E-state index in [0.717, 1.165) is 10.4 Å². The van der Waals surface area contributed by atoms with Gasteiger partial charge in [-0.3, -0.25) is 14.4 Å². The van der Waals surface area contributed by atoms with E-state index in [-0.39, 0.29) is 36.7 Å². The van der Waals surface area contributed by atoms with Crippen LogP contribution >= 0.6 is 11.3 Å². The summed E-state index contributed by atoms with van der Waals surface area (Å²) in [6.45, 7) is 4.17.